The van der Waals surface area contributed by atoms with E-state index in [0.29, 0.717) is 11.3 Å². The Kier molecular flexibility index (Phi) is 5.28. The van der Waals surface area contributed by atoms with Crippen molar-refractivity contribution in [2.75, 3.05) is 4.90 Å². The minimum Gasteiger partial charge on any atom is -0.507 e. The molecule has 0 bridgehead atoms. The fourth-order valence-corrected chi connectivity index (χ4v) is 3.66. The molecule has 0 aliphatic carbocycles. The number of ketones is 1. The van der Waals surface area contributed by atoms with Crippen LogP contribution in [0.15, 0.2) is 78.4 Å². The van der Waals surface area contributed by atoms with E-state index < -0.39 is 34.2 Å². The van der Waals surface area contributed by atoms with Gasteiger partial charge in [-0.05, 0) is 48.9 Å². The van der Waals surface area contributed by atoms with E-state index in [0.717, 1.165) is 5.56 Å². The largest absolute Gasteiger partial charge is 0.507 e. The van der Waals surface area contributed by atoms with Gasteiger partial charge in [-0.25, -0.2) is 4.39 Å². The summed E-state index contributed by atoms with van der Waals surface area (Å²) in [5.41, 5.74) is 1.59. The minimum atomic E-state index is -1.01. The molecule has 0 spiro atoms. The number of nitro benzene ring substituents is 1. The van der Waals surface area contributed by atoms with E-state index in [9.17, 15) is 29.2 Å². The molecule has 4 rings (SSSR count). The monoisotopic (exact) mass is 432 g/mol. The number of non-ortho nitro benzene ring substituents is 1. The standard InChI is InChI=1S/C24H17FN2O5/c1-14-2-10-18(11-3-14)26-21(15-4-8-17(25)9-5-15)20(23(29)24(26)30)22(28)16-6-12-19(13-7-16)27(31)32/h2-13,21,28H,1H3/b22-20+. The third kappa shape index (κ3) is 3.62. The molecule has 1 aliphatic heterocycles. The number of aliphatic hydroxyl groups excluding tert-OH is 1. The molecule has 1 saturated heterocycles. The summed E-state index contributed by atoms with van der Waals surface area (Å²) in [5.74, 6) is -2.71. The van der Waals surface area contributed by atoms with Crippen LogP contribution in [0.3, 0.4) is 0 Å². The molecular formula is C24H17FN2O5. The van der Waals surface area contributed by atoms with Gasteiger partial charge in [0.25, 0.3) is 17.4 Å². The maximum Gasteiger partial charge on any atom is 0.300 e. The molecular weight excluding hydrogens is 415 g/mol. The minimum absolute atomic E-state index is 0.143. The van der Waals surface area contributed by atoms with Crippen molar-refractivity contribution in [2.45, 2.75) is 13.0 Å². The molecule has 3 aromatic rings. The average molecular weight is 432 g/mol. The van der Waals surface area contributed by atoms with E-state index in [4.69, 9.17) is 0 Å². The van der Waals surface area contributed by atoms with Crippen molar-refractivity contribution in [1.29, 1.82) is 0 Å². The number of hydrogen-bond acceptors (Lipinski definition) is 5. The van der Waals surface area contributed by atoms with Crippen molar-refractivity contribution in [2.24, 2.45) is 0 Å². The van der Waals surface area contributed by atoms with Crippen LogP contribution in [-0.2, 0) is 9.59 Å². The number of amides is 1. The van der Waals surface area contributed by atoms with Gasteiger partial charge in [-0.15, -0.1) is 0 Å². The van der Waals surface area contributed by atoms with Gasteiger partial charge in [-0.2, -0.15) is 0 Å². The number of anilines is 1. The number of halogens is 1. The maximum absolute atomic E-state index is 13.6. The van der Waals surface area contributed by atoms with E-state index in [2.05, 4.69) is 0 Å². The Morgan fingerprint density at radius 2 is 1.56 bits per heavy atom. The molecule has 0 radical (unpaired) electrons. The lowest BCUT2D eigenvalue weighted by molar-refractivity contribution is -0.384. The molecule has 32 heavy (non-hydrogen) atoms. The summed E-state index contributed by atoms with van der Waals surface area (Å²) in [6, 6.07) is 16.2. The first-order chi connectivity index (χ1) is 15.3. The molecule has 1 N–H and O–H groups in total. The third-order valence-corrected chi connectivity index (χ3v) is 5.29. The lowest BCUT2D eigenvalue weighted by atomic mass is 9.95. The van der Waals surface area contributed by atoms with E-state index in [1.807, 2.05) is 6.92 Å². The number of rotatable bonds is 4. The van der Waals surface area contributed by atoms with Crippen LogP contribution < -0.4 is 4.90 Å². The molecule has 3 aromatic carbocycles. The summed E-state index contributed by atoms with van der Waals surface area (Å²) in [6.07, 6.45) is 0. The Morgan fingerprint density at radius 1 is 0.969 bits per heavy atom. The van der Waals surface area contributed by atoms with Gasteiger partial charge in [-0.1, -0.05) is 29.8 Å². The highest BCUT2D eigenvalue weighted by Gasteiger charge is 2.46. The van der Waals surface area contributed by atoms with E-state index in [1.54, 1.807) is 24.3 Å². The highest BCUT2D eigenvalue weighted by molar-refractivity contribution is 6.51. The van der Waals surface area contributed by atoms with Gasteiger partial charge in [0.15, 0.2) is 0 Å². The van der Waals surface area contributed by atoms with Crippen LogP contribution in [0, 0.1) is 22.9 Å². The first-order valence-corrected chi connectivity index (χ1v) is 9.66. The molecule has 1 aliphatic rings. The van der Waals surface area contributed by atoms with Crippen LogP contribution in [0.1, 0.15) is 22.7 Å². The van der Waals surface area contributed by atoms with Crippen molar-refractivity contribution in [3.8, 4) is 0 Å². The first-order valence-electron chi connectivity index (χ1n) is 9.66. The highest BCUT2D eigenvalue weighted by Crippen LogP contribution is 2.42. The second-order valence-corrected chi connectivity index (χ2v) is 7.36. The van der Waals surface area contributed by atoms with E-state index in [-0.39, 0.29) is 16.8 Å². The molecule has 1 atom stereocenters. The third-order valence-electron chi connectivity index (χ3n) is 5.29. The van der Waals surface area contributed by atoms with Gasteiger partial charge < -0.3 is 5.11 Å². The number of nitro groups is 1. The molecule has 8 heteroatoms. The lowest BCUT2D eigenvalue weighted by Gasteiger charge is -2.25. The normalized spacial score (nSPS) is 17.6. The van der Waals surface area contributed by atoms with E-state index in [1.165, 1.54) is 53.4 Å². The summed E-state index contributed by atoms with van der Waals surface area (Å²) in [6.45, 7) is 1.88. The molecule has 1 amide bonds. The van der Waals surface area contributed by atoms with Gasteiger partial charge in [-0.3, -0.25) is 24.6 Å². The molecule has 7 nitrogen and oxygen atoms in total. The number of Topliss-reactive ketones (excluding diaryl/α,β-unsaturated/α-hetero) is 1. The van der Waals surface area contributed by atoms with E-state index >= 15 is 0 Å². The second kappa shape index (κ2) is 8.07. The van der Waals surface area contributed by atoms with Crippen molar-refractivity contribution in [3.05, 3.63) is 111 Å². The fraction of sp³-hybridized carbons (Fsp3) is 0.0833. The van der Waals surface area contributed by atoms with Gasteiger partial charge in [0.1, 0.15) is 11.6 Å². The Hall–Kier alpha value is -4.33. The number of carbonyl (C=O) groups excluding carboxylic acids is 2. The summed E-state index contributed by atoms with van der Waals surface area (Å²) in [5, 5.41) is 21.9. The number of benzene rings is 3. The zero-order valence-corrected chi connectivity index (χ0v) is 16.9. The predicted molar refractivity (Wildman–Crippen MR) is 115 cm³/mol. The predicted octanol–water partition coefficient (Wildman–Crippen LogP) is 4.67. The Balaban J connectivity index is 1.90. The lowest BCUT2D eigenvalue weighted by Crippen LogP contribution is -2.29. The Bertz CT molecular complexity index is 1250. The topological polar surface area (TPSA) is 101 Å². The number of aryl methyl sites for hydroxylation is 1. The Labute approximate surface area is 182 Å². The zero-order chi connectivity index (χ0) is 23.0. The van der Waals surface area contributed by atoms with Crippen molar-refractivity contribution >= 4 is 28.8 Å². The summed E-state index contributed by atoms with van der Waals surface area (Å²) < 4.78 is 13.6. The number of nitrogens with zero attached hydrogens (tertiary/aromatic N) is 2. The van der Waals surface area contributed by atoms with Crippen LogP contribution >= 0.6 is 0 Å². The van der Waals surface area contributed by atoms with Crippen LogP contribution in [0.5, 0.6) is 0 Å². The maximum atomic E-state index is 13.6. The molecule has 160 valence electrons. The zero-order valence-electron chi connectivity index (χ0n) is 16.9. The van der Waals surface area contributed by atoms with Crippen molar-refractivity contribution < 1.29 is 24.0 Å². The second-order valence-electron chi connectivity index (χ2n) is 7.36. The summed E-state index contributed by atoms with van der Waals surface area (Å²) >= 11 is 0. The quantitative estimate of drug-likeness (QED) is 0.212. The molecule has 1 fully saturated rings. The van der Waals surface area contributed by atoms with Crippen LogP contribution in [0.4, 0.5) is 15.8 Å². The summed E-state index contributed by atoms with van der Waals surface area (Å²) in [4.78, 5) is 37.6. The number of aliphatic hydroxyl groups is 1. The van der Waals surface area contributed by atoms with Crippen LogP contribution in [0.2, 0.25) is 0 Å². The van der Waals surface area contributed by atoms with Crippen LogP contribution in [0.25, 0.3) is 5.76 Å². The highest BCUT2D eigenvalue weighted by atomic mass is 19.1. The smallest absolute Gasteiger partial charge is 0.300 e. The molecule has 0 saturated carbocycles. The number of carbonyl (C=O) groups is 2. The van der Waals surface area contributed by atoms with Crippen LogP contribution in [-0.4, -0.2) is 21.7 Å². The molecule has 1 heterocycles. The Morgan fingerprint density at radius 3 is 2.12 bits per heavy atom. The van der Waals surface area contributed by atoms with Gasteiger partial charge in [0.2, 0.25) is 0 Å². The first kappa shape index (κ1) is 20.9. The number of hydrogen-bond donors (Lipinski definition) is 1. The van der Waals surface area contributed by atoms with Crippen molar-refractivity contribution in [1.82, 2.24) is 0 Å². The SMILES string of the molecule is Cc1ccc(N2C(=O)C(=O)/C(=C(/O)c3ccc([N+](=O)[O-])cc3)C2c2ccc(F)cc2)cc1. The van der Waals surface area contributed by atoms with Crippen molar-refractivity contribution in [3.63, 3.8) is 0 Å². The van der Waals surface area contributed by atoms with Gasteiger partial charge in [0.05, 0.1) is 16.5 Å². The molecule has 0 aromatic heterocycles. The van der Waals surface area contributed by atoms with Gasteiger partial charge in [0, 0.05) is 23.4 Å². The van der Waals surface area contributed by atoms with Gasteiger partial charge >= 0.3 is 0 Å². The summed E-state index contributed by atoms with van der Waals surface area (Å²) in [7, 11) is 0. The molecule has 1 unspecified atom stereocenters. The fourth-order valence-electron chi connectivity index (χ4n) is 3.66. The average Bonchev–Trinajstić information content (AvgIpc) is 3.05.